The lowest BCUT2D eigenvalue weighted by atomic mass is 9.87. The zero-order valence-electron chi connectivity index (χ0n) is 16.4. The quantitative estimate of drug-likeness (QED) is 0.461. The maximum absolute atomic E-state index is 9.94. The van der Waals surface area contributed by atoms with Crippen molar-refractivity contribution in [2.75, 3.05) is 7.11 Å². The van der Waals surface area contributed by atoms with Crippen LogP contribution < -0.4 is 9.47 Å². The molecule has 0 spiro atoms. The largest absolute Gasteiger partial charge is 0.508 e. The second kappa shape index (κ2) is 6.60. The number of furan rings is 1. The molecule has 8 heteroatoms. The van der Waals surface area contributed by atoms with Crippen LogP contribution in [0.2, 0.25) is 0 Å². The summed E-state index contributed by atoms with van der Waals surface area (Å²) in [6.45, 7) is 0. The molecular formula is C23H16N4O4. The lowest BCUT2D eigenvalue weighted by Gasteiger charge is -2.26. The van der Waals surface area contributed by atoms with Crippen LogP contribution in [0.15, 0.2) is 71.6 Å². The van der Waals surface area contributed by atoms with E-state index in [2.05, 4.69) is 10.1 Å². The summed E-state index contributed by atoms with van der Waals surface area (Å²) in [7, 11) is 1.62. The van der Waals surface area contributed by atoms with E-state index >= 15 is 0 Å². The van der Waals surface area contributed by atoms with E-state index in [1.165, 1.54) is 0 Å². The third kappa shape index (κ3) is 2.65. The number of benzene rings is 2. The lowest BCUT2D eigenvalue weighted by molar-refractivity contribution is 0.409. The maximum Gasteiger partial charge on any atom is 0.228 e. The van der Waals surface area contributed by atoms with Gasteiger partial charge in [-0.25, -0.2) is 14.5 Å². The van der Waals surface area contributed by atoms with Gasteiger partial charge in [-0.15, -0.1) is 5.10 Å². The van der Waals surface area contributed by atoms with Gasteiger partial charge < -0.3 is 19.0 Å². The van der Waals surface area contributed by atoms with E-state index in [9.17, 15) is 5.11 Å². The van der Waals surface area contributed by atoms with Gasteiger partial charge in [-0.1, -0.05) is 18.2 Å². The molecule has 0 radical (unpaired) electrons. The molecule has 1 aliphatic heterocycles. The molecule has 8 nitrogen and oxygen atoms in total. The molecular weight excluding hydrogens is 396 g/mol. The molecule has 0 amide bonds. The number of phenolic OH excluding ortho intramolecular Hbond substituents is 1. The Morgan fingerprint density at radius 2 is 2.00 bits per heavy atom. The van der Waals surface area contributed by atoms with E-state index in [4.69, 9.17) is 18.9 Å². The number of rotatable bonds is 3. The summed E-state index contributed by atoms with van der Waals surface area (Å²) >= 11 is 0. The molecule has 0 unspecified atom stereocenters. The van der Waals surface area contributed by atoms with Crippen molar-refractivity contribution >= 4 is 5.65 Å². The molecule has 3 aromatic heterocycles. The van der Waals surface area contributed by atoms with Crippen LogP contribution in [0.3, 0.4) is 0 Å². The minimum absolute atomic E-state index is 0.113. The standard InChI is InChI=1S/C23H16N4O4/c1-29-16-6-3-2-5-15(16)21-25-22-20-19(17-7-4-10-30-17)14-9-8-13(28)11-18(14)31-23(20)24-12-27(22)26-21/h2-12,19,28H,1H3/t19-/m1/s1. The lowest BCUT2D eigenvalue weighted by Crippen LogP contribution is -2.14. The van der Waals surface area contributed by atoms with Crippen LogP contribution >= 0.6 is 0 Å². The van der Waals surface area contributed by atoms with Gasteiger partial charge in [-0.05, 0) is 30.3 Å². The molecule has 31 heavy (non-hydrogen) atoms. The van der Waals surface area contributed by atoms with Crippen molar-refractivity contribution in [2.24, 2.45) is 0 Å². The number of phenols is 1. The number of nitrogens with zero attached hydrogens (tertiary/aromatic N) is 4. The summed E-state index contributed by atoms with van der Waals surface area (Å²) in [6, 6.07) is 16.3. The highest BCUT2D eigenvalue weighted by molar-refractivity contribution is 5.70. The fourth-order valence-electron chi connectivity index (χ4n) is 4.00. The van der Waals surface area contributed by atoms with E-state index in [1.54, 1.807) is 36.3 Å². The first-order valence-electron chi connectivity index (χ1n) is 9.66. The number of ether oxygens (including phenoxy) is 2. The number of aromatic nitrogens is 4. The highest BCUT2D eigenvalue weighted by atomic mass is 16.5. The van der Waals surface area contributed by atoms with Crippen LogP contribution in [0.25, 0.3) is 17.0 Å². The molecule has 0 saturated carbocycles. The Labute approximate surface area is 176 Å². The predicted octanol–water partition coefficient (Wildman–Crippen LogP) is 4.38. The molecule has 1 aliphatic rings. The topological polar surface area (TPSA) is 94.9 Å². The molecule has 2 aromatic carbocycles. The van der Waals surface area contributed by atoms with Crippen LogP contribution in [0, 0.1) is 0 Å². The first kappa shape index (κ1) is 17.5. The van der Waals surface area contributed by atoms with Crippen LogP contribution in [-0.4, -0.2) is 31.8 Å². The van der Waals surface area contributed by atoms with Gasteiger partial charge in [0.1, 0.15) is 29.3 Å². The number of fused-ring (bicyclic) bond motifs is 4. The zero-order valence-corrected chi connectivity index (χ0v) is 16.4. The SMILES string of the molecule is COc1ccccc1-c1nc2c3c(ncn2n1)Oc1cc(O)ccc1[C@@H]3c1ccco1. The van der Waals surface area contributed by atoms with Gasteiger partial charge in [-0.2, -0.15) is 0 Å². The van der Waals surface area contributed by atoms with Gasteiger partial charge in [-0.3, -0.25) is 0 Å². The fraction of sp³-hybridized carbons (Fsp3) is 0.0870. The van der Waals surface area contributed by atoms with E-state index in [1.807, 2.05) is 42.5 Å². The van der Waals surface area contributed by atoms with E-state index in [0.717, 1.165) is 16.7 Å². The van der Waals surface area contributed by atoms with E-state index < -0.39 is 0 Å². The first-order chi connectivity index (χ1) is 15.2. The maximum atomic E-state index is 9.94. The first-order valence-corrected chi connectivity index (χ1v) is 9.66. The molecule has 1 atom stereocenters. The molecule has 0 bridgehead atoms. The van der Waals surface area contributed by atoms with Gasteiger partial charge in [0.05, 0.1) is 30.4 Å². The second-order valence-corrected chi connectivity index (χ2v) is 7.14. The molecule has 1 N–H and O–H groups in total. The van der Waals surface area contributed by atoms with Crippen LogP contribution in [0.1, 0.15) is 22.8 Å². The van der Waals surface area contributed by atoms with Gasteiger partial charge in [0, 0.05) is 11.6 Å². The van der Waals surface area contributed by atoms with Crippen LogP contribution in [-0.2, 0) is 0 Å². The van der Waals surface area contributed by atoms with Crippen molar-refractivity contribution in [3.63, 3.8) is 0 Å². The normalized spacial score (nSPS) is 14.7. The molecule has 0 fully saturated rings. The number of para-hydroxylation sites is 1. The van der Waals surface area contributed by atoms with Crippen molar-refractivity contribution in [2.45, 2.75) is 5.92 Å². The Morgan fingerprint density at radius 1 is 1.10 bits per heavy atom. The average Bonchev–Trinajstić information content (AvgIpc) is 3.47. The van der Waals surface area contributed by atoms with Gasteiger partial charge in [0.25, 0.3) is 0 Å². The minimum Gasteiger partial charge on any atom is -0.508 e. The molecule has 5 aromatic rings. The summed E-state index contributed by atoms with van der Waals surface area (Å²) in [5, 5.41) is 14.6. The summed E-state index contributed by atoms with van der Waals surface area (Å²) in [6.07, 6.45) is 3.19. The van der Waals surface area contributed by atoms with Crippen LogP contribution in [0.5, 0.6) is 23.1 Å². The number of hydrogen-bond donors (Lipinski definition) is 1. The summed E-state index contributed by atoms with van der Waals surface area (Å²) in [5.74, 6) is 2.62. The molecule has 6 rings (SSSR count). The fourth-order valence-corrected chi connectivity index (χ4v) is 4.00. The Hall–Kier alpha value is -4.33. The number of methoxy groups -OCH3 is 1. The number of aromatic hydroxyl groups is 1. The third-order valence-electron chi connectivity index (χ3n) is 5.37. The molecule has 0 saturated heterocycles. The summed E-state index contributed by atoms with van der Waals surface area (Å²) < 4.78 is 18.9. The Balaban J connectivity index is 1.61. The summed E-state index contributed by atoms with van der Waals surface area (Å²) in [5.41, 5.74) is 2.96. The molecule has 4 heterocycles. The van der Waals surface area contributed by atoms with Crippen molar-refractivity contribution in [1.29, 1.82) is 0 Å². The van der Waals surface area contributed by atoms with Gasteiger partial charge >= 0.3 is 0 Å². The molecule has 0 aliphatic carbocycles. The van der Waals surface area contributed by atoms with Crippen molar-refractivity contribution in [1.82, 2.24) is 19.6 Å². The highest BCUT2D eigenvalue weighted by Crippen LogP contribution is 2.48. The smallest absolute Gasteiger partial charge is 0.228 e. The Kier molecular flexibility index (Phi) is 3.73. The van der Waals surface area contributed by atoms with E-state index in [0.29, 0.717) is 34.6 Å². The van der Waals surface area contributed by atoms with Crippen LogP contribution in [0.4, 0.5) is 0 Å². The van der Waals surface area contributed by atoms with Gasteiger partial charge in [0.15, 0.2) is 11.5 Å². The van der Waals surface area contributed by atoms with E-state index in [-0.39, 0.29) is 11.7 Å². The van der Waals surface area contributed by atoms with Crippen molar-refractivity contribution in [3.05, 3.63) is 84.1 Å². The zero-order chi connectivity index (χ0) is 20.9. The highest BCUT2D eigenvalue weighted by Gasteiger charge is 2.35. The van der Waals surface area contributed by atoms with Gasteiger partial charge in [0.2, 0.25) is 5.88 Å². The minimum atomic E-state index is -0.319. The monoisotopic (exact) mass is 412 g/mol. The Bertz CT molecular complexity index is 1430. The Morgan fingerprint density at radius 3 is 2.84 bits per heavy atom. The third-order valence-corrected chi connectivity index (χ3v) is 5.37. The van der Waals surface area contributed by atoms with Crippen molar-refractivity contribution in [3.8, 4) is 34.5 Å². The number of hydrogen-bond acceptors (Lipinski definition) is 7. The predicted molar refractivity (Wildman–Crippen MR) is 111 cm³/mol. The summed E-state index contributed by atoms with van der Waals surface area (Å²) in [4.78, 5) is 9.29. The second-order valence-electron chi connectivity index (χ2n) is 7.14. The molecule has 152 valence electrons. The van der Waals surface area contributed by atoms with Crippen molar-refractivity contribution < 1.29 is 19.0 Å². The average molecular weight is 412 g/mol.